The van der Waals surface area contributed by atoms with Crippen LogP contribution in [0, 0.1) is 0 Å². The van der Waals surface area contributed by atoms with Crippen LogP contribution in [-0.4, -0.2) is 82.5 Å². The molecule has 3 amide bonds. The molecule has 2 aromatic carbocycles. The first-order valence-electron chi connectivity index (χ1n) is 14.4. The van der Waals surface area contributed by atoms with Crippen molar-refractivity contribution >= 4 is 17.7 Å². The molecule has 1 aromatic heterocycles. The smallest absolute Gasteiger partial charge is 0.329 e. The van der Waals surface area contributed by atoms with Gasteiger partial charge >= 0.3 is 5.69 Å². The predicted molar refractivity (Wildman–Crippen MR) is 157 cm³/mol. The summed E-state index contributed by atoms with van der Waals surface area (Å²) < 4.78 is 3.34. The highest BCUT2D eigenvalue weighted by atomic mass is 16.2. The van der Waals surface area contributed by atoms with Crippen LogP contribution in [0.15, 0.2) is 65.5 Å². The molecule has 10 nitrogen and oxygen atoms in total. The standard InChI is InChI=1S/C31H38N6O4/c1-23(38)35-18-8-14-26(22-35)37-27(24-10-4-2-5-11-24)28(30(40)34-20-16-32-17-21-34)36(31(37)41)19-9-15-33-29(39)25-12-6-3-7-13-25/h2-7,10-13,26,32H,8-9,14-22H2,1H3,(H,33,39). The zero-order valence-corrected chi connectivity index (χ0v) is 23.6. The molecule has 2 aliphatic rings. The lowest BCUT2D eigenvalue weighted by Gasteiger charge is -2.33. The van der Waals surface area contributed by atoms with Crippen LogP contribution >= 0.6 is 0 Å². The average Bonchev–Trinajstić information content (AvgIpc) is 3.31. The lowest BCUT2D eigenvalue weighted by Crippen LogP contribution is -2.47. The largest absolute Gasteiger partial charge is 0.352 e. The predicted octanol–water partition coefficient (Wildman–Crippen LogP) is 2.37. The first kappa shape index (κ1) is 28.4. The first-order chi connectivity index (χ1) is 20.0. The molecule has 1 atom stereocenters. The average molecular weight is 559 g/mol. The number of rotatable bonds is 8. The second-order valence-corrected chi connectivity index (χ2v) is 10.6. The number of piperidine rings is 1. The summed E-state index contributed by atoms with van der Waals surface area (Å²) in [5, 5.41) is 6.21. The minimum atomic E-state index is -0.257. The van der Waals surface area contributed by atoms with Crippen LogP contribution in [0.1, 0.15) is 53.1 Å². The number of piperazine rings is 1. The Bertz CT molecular complexity index is 1430. The van der Waals surface area contributed by atoms with E-state index in [4.69, 9.17) is 0 Å². The Morgan fingerprint density at radius 2 is 1.61 bits per heavy atom. The molecule has 3 aromatic rings. The number of amides is 3. The summed E-state index contributed by atoms with van der Waals surface area (Å²) in [6.45, 7) is 5.77. The van der Waals surface area contributed by atoms with Gasteiger partial charge in [-0.2, -0.15) is 0 Å². The normalized spacial score (nSPS) is 17.3. The van der Waals surface area contributed by atoms with Crippen LogP contribution in [-0.2, 0) is 11.3 Å². The quantitative estimate of drug-likeness (QED) is 0.413. The van der Waals surface area contributed by atoms with Gasteiger partial charge in [-0.05, 0) is 31.4 Å². The summed E-state index contributed by atoms with van der Waals surface area (Å²) in [5.74, 6) is -0.368. The monoisotopic (exact) mass is 558 g/mol. The summed E-state index contributed by atoms with van der Waals surface area (Å²) in [6, 6.07) is 18.3. The minimum absolute atomic E-state index is 0.0188. The van der Waals surface area contributed by atoms with Gasteiger partial charge in [0.1, 0.15) is 5.69 Å². The zero-order valence-electron chi connectivity index (χ0n) is 23.6. The van der Waals surface area contributed by atoms with Crippen LogP contribution in [0.5, 0.6) is 0 Å². The van der Waals surface area contributed by atoms with Crippen LogP contribution in [0.2, 0.25) is 0 Å². The highest BCUT2D eigenvalue weighted by Crippen LogP contribution is 2.31. The van der Waals surface area contributed by atoms with Crippen molar-refractivity contribution in [1.82, 2.24) is 29.6 Å². The van der Waals surface area contributed by atoms with Gasteiger partial charge < -0.3 is 20.4 Å². The molecular formula is C31H38N6O4. The Balaban J connectivity index is 1.52. The Kier molecular flexibility index (Phi) is 8.98. The van der Waals surface area contributed by atoms with E-state index in [-0.39, 0.29) is 36.0 Å². The lowest BCUT2D eigenvalue weighted by molar-refractivity contribution is -0.130. The minimum Gasteiger partial charge on any atom is -0.352 e. The molecule has 2 saturated heterocycles. The fourth-order valence-electron chi connectivity index (χ4n) is 5.80. The maximum absolute atomic E-state index is 14.2. The van der Waals surface area contributed by atoms with E-state index >= 15 is 0 Å². The second kappa shape index (κ2) is 13.0. The topological polar surface area (TPSA) is 109 Å². The van der Waals surface area contributed by atoms with E-state index in [0.29, 0.717) is 69.2 Å². The van der Waals surface area contributed by atoms with Gasteiger partial charge in [0.05, 0.1) is 11.7 Å². The fraction of sp³-hybridized carbons (Fsp3) is 0.419. The maximum Gasteiger partial charge on any atom is 0.329 e. The number of aromatic nitrogens is 2. The molecule has 5 rings (SSSR count). The number of hydrogen-bond donors (Lipinski definition) is 2. The SMILES string of the molecule is CC(=O)N1CCCC(n2c(-c3ccccc3)c(C(=O)N3CCNCC3)n(CCCNC(=O)c3ccccc3)c2=O)C1. The van der Waals surface area contributed by atoms with Crippen molar-refractivity contribution in [2.75, 3.05) is 45.8 Å². The summed E-state index contributed by atoms with van der Waals surface area (Å²) in [5.41, 5.74) is 2.08. The highest BCUT2D eigenvalue weighted by Gasteiger charge is 2.34. The van der Waals surface area contributed by atoms with Crippen molar-refractivity contribution in [1.29, 1.82) is 0 Å². The molecule has 0 saturated carbocycles. The van der Waals surface area contributed by atoms with Crippen molar-refractivity contribution in [3.05, 3.63) is 82.4 Å². The summed E-state index contributed by atoms with van der Waals surface area (Å²) in [4.78, 5) is 56.8. The Morgan fingerprint density at radius 1 is 0.927 bits per heavy atom. The number of carbonyl (C=O) groups is 3. The Labute approximate surface area is 239 Å². The Morgan fingerprint density at radius 3 is 2.29 bits per heavy atom. The fourth-order valence-corrected chi connectivity index (χ4v) is 5.80. The molecule has 216 valence electrons. The highest BCUT2D eigenvalue weighted by molar-refractivity contribution is 5.99. The van der Waals surface area contributed by atoms with Crippen molar-refractivity contribution in [3.8, 4) is 11.3 Å². The van der Waals surface area contributed by atoms with E-state index in [1.807, 2.05) is 48.5 Å². The molecule has 10 heteroatoms. The van der Waals surface area contributed by atoms with Gasteiger partial charge in [-0.25, -0.2) is 4.79 Å². The maximum atomic E-state index is 14.2. The van der Waals surface area contributed by atoms with Gasteiger partial charge in [0, 0.05) is 70.4 Å². The van der Waals surface area contributed by atoms with Crippen LogP contribution in [0.25, 0.3) is 11.3 Å². The number of nitrogens with zero attached hydrogens (tertiary/aromatic N) is 4. The van der Waals surface area contributed by atoms with Crippen LogP contribution in [0.3, 0.4) is 0 Å². The molecule has 1 unspecified atom stereocenters. The van der Waals surface area contributed by atoms with Gasteiger partial charge in [0.25, 0.3) is 11.8 Å². The number of benzene rings is 2. The number of imidazole rings is 1. The molecule has 41 heavy (non-hydrogen) atoms. The number of hydrogen-bond acceptors (Lipinski definition) is 5. The summed E-state index contributed by atoms with van der Waals surface area (Å²) in [6.07, 6.45) is 1.99. The van der Waals surface area contributed by atoms with E-state index in [1.54, 1.807) is 38.0 Å². The van der Waals surface area contributed by atoms with Crippen molar-refractivity contribution in [3.63, 3.8) is 0 Å². The number of carbonyl (C=O) groups excluding carboxylic acids is 3. The van der Waals surface area contributed by atoms with Crippen molar-refractivity contribution < 1.29 is 14.4 Å². The third kappa shape index (κ3) is 6.27. The van der Waals surface area contributed by atoms with E-state index in [9.17, 15) is 19.2 Å². The summed E-state index contributed by atoms with van der Waals surface area (Å²) in [7, 11) is 0. The molecule has 0 bridgehead atoms. The molecule has 0 spiro atoms. The van der Waals surface area contributed by atoms with E-state index in [2.05, 4.69) is 10.6 Å². The lowest BCUT2D eigenvalue weighted by atomic mass is 10.0. The molecule has 2 fully saturated rings. The van der Waals surface area contributed by atoms with Crippen LogP contribution in [0.4, 0.5) is 0 Å². The first-order valence-corrected chi connectivity index (χ1v) is 14.4. The van der Waals surface area contributed by atoms with Gasteiger partial charge in [-0.15, -0.1) is 0 Å². The second-order valence-electron chi connectivity index (χ2n) is 10.6. The third-order valence-corrected chi connectivity index (χ3v) is 7.91. The number of nitrogens with one attached hydrogen (secondary N) is 2. The van der Waals surface area contributed by atoms with Gasteiger partial charge in [0.15, 0.2) is 0 Å². The zero-order chi connectivity index (χ0) is 28.8. The third-order valence-electron chi connectivity index (χ3n) is 7.91. The molecular weight excluding hydrogens is 520 g/mol. The molecule has 3 heterocycles. The van der Waals surface area contributed by atoms with Gasteiger partial charge in [0.2, 0.25) is 5.91 Å². The van der Waals surface area contributed by atoms with E-state index < -0.39 is 0 Å². The van der Waals surface area contributed by atoms with E-state index in [1.165, 1.54) is 0 Å². The van der Waals surface area contributed by atoms with Gasteiger partial charge in [-0.3, -0.25) is 23.5 Å². The van der Waals surface area contributed by atoms with Crippen molar-refractivity contribution in [2.45, 2.75) is 38.8 Å². The van der Waals surface area contributed by atoms with Gasteiger partial charge in [-0.1, -0.05) is 48.5 Å². The summed E-state index contributed by atoms with van der Waals surface area (Å²) >= 11 is 0. The van der Waals surface area contributed by atoms with Crippen molar-refractivity contribution in [2.24, 2.45) is 0 Å². The molecule has 2 N–H and O–H groups in total. The molecule has 2 aliphatic heterocycles. The van der Waals surface area contributed by atoms with Crippen LogP contribution < -0.4 is 16.3 Å². The molecule has 0 aliphatic carbocycles. The number of likely N-dealkylation sites (tertiary alicyclic amines) is 1. The molecule has 0 radical (unpaired) electrons. The van der Waals surface area contributed by atoms with E-state index in [0.717, 1.165) is 18.4 Å². The Hall–Kier alpha value is -4.18.